The molecule has 0 saturated carbocycles. The average Bonchev–Trinajstić information content (AvgIpc) is 3.23. The maximum atomic E-state index is 14.3. The van der Waals surface area contributed by atoms with Crippen molar-refractivity contribution in [3.8, 4) is 0 Å². The zero-order valence-electron chi connectivity index (χ0n) is 30.6. The van der Waals surface area contributed by atoms with Gasteiger partial charge in [0.2, 0.25) is 6.41 Å². The van der Waals surface area contributed by atoms with Crippen LogP contribution in [0.2, 0.25) is 0 Å². The minimum Gasteiger partial charge on any atom is -0.362 e. The molecule has 1 atom stereocenters. The van der Waals surface area contributed by atoms with Crippen molar-refractivity contribution < 1.29 is 18.3 Å². The number of carbonyl (C=O) groups is 1. The Kier molecular flexibility index (Phi) is 22.4. The van der Waals surface area contributed by atoms with Gasteiger partial charge in [-0.25, -0.2) is 18.6 Å². The summed E-state index contributed by atoms with van der Waals surface area (Å²) < 4.78 is 35.7. The summed E-state index contributed by atoms with van der Waals surface area (Å²) in [6, 6.07) is 3.87. The number of aromatic amines is 1. The summed E-state index contributed by atoms with van der Waals surface area (Å²) >= 11 is 0. The number of carbonyl (C=O) groups excluding carboxylic acids is 1. The van der Waals surface area contributed by atoms with Crippen LogP contribution in [0.15, 0.2) is 82.9 Å². The number of piperidine rings is 1. The summed E-state index contributed by atoms with van der Waals surface area (Å²) in [7, 11) is 1.50. The second kappa shape index (κ2) is 25.3. The third-order valence-corrected chi connectivity index (χ3v) is 8.32. The monoisotopic (exact) mass is 686 g/mol. The number of amides is 1. The number of pyridine rings is 1. The molecule has 3 N–H and O–H groups in total. The number of nitrogens with two attached hydrogens (primary N) is 1. The molecule has 2 aromatic heterocycles. The summed E-state index contributed by atoms with van der Waals surface area (Å²) in [5, 5.41) is 0. The maximum Gasteiger partial charge on any atom is 0.327 e. The van der Waals surface area contributed by atoms with Gasteiger partial charge < -0.3 is 15.4 Å². The predicted octanol–water partition coefficient (Wildman–Crippen LogP) is 7.77. The molecule has 3 aliphatic rings. The van der Waals surface area contributed by atoms with E-state index in [9.17, 15) is 18.4 Å². The fourth-order valence-corrected chi connectivity index (χ4v) is 5.87. The van der Waals surface area contributed by atoms with Crippen LogP contribution in [0.3, 0.4) is 0 Å². The van der Waals surface area contributed by atoms with Gasteiger partial charge in [-0.05, 0) is 94.7 Å². The van der Waals surface area contributed by atoms with Gasteiger partial charge in [0.25, 0.3) is 0 Å². The highest BCUT2D eigenvalue weighted by atomic mass is 19.2. The Hall–Kier alpha value is -3.67. The highest BCUT2D eigenvalue weighted by Crippen LogP contribution is 2.33. The SMILES string of the molecule is C/C=C(\CC)COCN1CCCC[C@@H](C2=CCC=CC(F)=C2F)C1.C=CC.CC.CN.O=CN1CCC(n2c(=O)[nH]c3ncccc32)CC1. The number of allylic oxidation sites excluding steroid dienone is 7. The molecule has 0 bridgehead atoms. The Morgan fingerprint density at radius 2 is 1.84 bits per heavy atom. The molecule has 49 heavy (non-hydrogen) atoms. The first kappa shape index (κ1) is 43.4. The molecule has 2 saturated heterocycles. The number of ether oxygens (including phenoxy) is 1. The first-order valence-electron chi connectivity index (χ1n) is 17.6. The smallest absolute Gasteiger partial charge is 0.327 e. The maximum absolute atomic E-state index is 14.3. The molecule has 1 amide bonds. The Morgan fingerprint density at radius 3 is 2.47 bits per heavy atom. The third-order valence-electron chi connectivity index (χ3n) is 8.32. The van der Waals surface area contributed by atoms with E-state index in [0.29, 0.717) is 44.1 Å². The summed E-state index contributed by atoms with van der Waals surface area (Å²) in [5.41, 5.74) is 7.67. The van der Waals surface area contributed by atoms with Crippen molar-refractivity contribution in [1.29, 1.82) is 0 Å². The van der Waals surface area contributed by atoms with Crippen LogP contribution in [0.1, 0.15) is 85.6 Å². The second-order valence-electron chi connectivity index (χ2n) is 11.5. The van der Waals surface area contributed by atoms with E-state index >= 15 is 0 Å². The molecule has 2 aromatic rings. The number of nitrogens with zero attached hydrogens (tertiary/aromatic N) is 4. The highest BCUT2D eigenvalue weighted by molar-refractivity contribution is 5.70. The van der Waals surface area contributed by atoms with Crippen LogP contribution in [-0.2, 0) is 9.53 Å². The number of nitrogens with one attached hydrogen (secondary N) is 1. The zero-order valence-corrected chi connectivity index (χ0v) is 30.6. The highest BCUT2D eigenvalue weighted by Gasteiger charge is 2.26. The van der Waals surface area contributed by atoms with Crippen LogP contribution in [0.5, 0.6) is 0 Å². The van der Waals surface area contributed by atoms with E-state index in [0.717, 1.165) is 63.5 Å². The van der Waals surface area contributed by atoms with Crippen LogP contribution in [0, 0.1) is 5.92 Å². The number of H-pyrrole nitrogens is 1. The van der Waals surface area contributed by atoms with Crippen LogP contribution < -0.4 is 11.4 Å². The number of likely N-dealkylation sites (tertiary alicyclic amines) is 2. The molecule has 2 aliphatic heterocycles. The largest absolute Gasteiger partial charge is 0.362 e. The molecular weight excluding hydrogens is 626 g/mol. The van der Waals surface area contributed by atoms with E-state index in [-0.39, 0.29) is 17.6 Å². The minimum absolute atomic E-state index is 0.0362. The van der Waals surface area contributed by atoms with Crippen molar-refractivity contribution in [3.05, 3.63) is 88.6 Å². The van der Waals surface area contributed by atoms with Crippen LogP contribution in [-0.4, -0.2) is 77.3 Å². The van der Waals surface area contributed by atoms with Crippen LogP contribution in [0.4, 0.5) is 8.78 Å². The average molecular weight is 687 g/mol. The lowest BCUT2D eigenvalue weighted by molar-refractivity contribution is -0.119. The van der Waals surface area contributed by atoms with E-state index in [4.69, 9.17) is 4.74 Å². The van der Waals surface area contributed by atoms with Gasteiger partial charge in [0, 0.05) is 38.4 Å². The molecule has 0 spiro atoms. The third kappa shape index (κ3) is 14.0. The van der Waals surface area contributed by atoms with Gasteiger partial charge >= 0.3 is 5.69 Å². The zero-order chi connectivity index (χ0) is 36.6. The Morgan fingerprint density at radius 1 is 1.14 bits per heavy atom. The number of rotatable bonds is 8. The van der Waals surface area contributed by atoms with Crippen molar-refractivity contribution in [2.75, 3.05) is 46.6 Å². The first-order chi connectivity index (χ1) is 23.9. The van der Waals surface area contributed by atoms with Crippen molar-refractivity contribution in [2.24, 2.45) is 11.7 Å². The second-order valence-corrected chi connectivity index (χ2v) is 11.5. The number of aromatic nitrogens is 3. The molecule has 0 radical (unpaired) electrons. The van der Waals surface area contributed by atoms with Gasteiger partial charge in [-0.15, -0.1) is 6.58 Å². The van der Waals surface area contributed by atoms with E-state index in [1.165, 1.54) is 18.7 Å². The van der Waals surface area contributed by atoms with E-state index < -0.39 is 11.7 Å². The fourth-order valence-electron chi connectivity index (χ4n) is 5.87. The van der Waals surface area contributed by atoms with E-state index in [1.54, 1.807) is 27.8 Å². The van der Waals surface area contributed by atoms with Crippen LogP contribution in [0.25, 0.3) is 11.2 Å². The first-order valence-corrected chi connectivity index (χ1v) is 17.6. The van der Waals surface area contributed by atoms with Crippen molar-refractivity contribution >= 4 is 17.6 Å². The lowest BCUT2D eigenvalue weighted by Crippen LogP contribution is -2.36. The van der Waals surface area contributed by atoms with Crippen LogP contribution >= 0.6 is 0 Å². The standard InChI is InChI=1S/C20H29F2NO.C12H14N4O2.C3H6.C2H6.CH5N/c1-3-16(4-2)14-24-15-23-12-8-7-9-17(13-23)18-10-5-6-11-19(21)20(18)22;17-8-15-6-3-9(4-7-15)16-10-2-1-5-13-11(10)14-12(16)18;1-3-2;2*1-2/h3,6,10-11,17H,4-5,7-9,12-15H2,1-2H3;1-2,5,8-9H,3-4,6-7H2,(H,13,14,18);3H,1H2,2H3;1-2H3;2H2,1H3/b16-3+;;;;/t17-;;;;/m1..../s1. The molecule has 1 aliphatic carbocycles. The van der Waals surface area contributed by atoms with Gasteiger partial charge in [0.15, 0.2) is 17.3 Å². The molecule has 0 aromatic carbocycles. The van der Waals surface area contributed by atoms with Crippen molar-refractivity contribution in [2.45, 2.75) is 85.6 Å². The number of hydrogen-bond acceptors (Lipinski definition) is 6. The molecule has 5 rings (SSSR count). The number of hydrogen-bond donors (Lipinski definition) is 2. The van der Waals surface area contributed by atoms with Gasteiger partial charge in [0.05, 0.1) is 18.9 Å². The quantitative estimate of drug-likeness (QED) is 0.217. The number of fused-ring (bicyclic) bond motifs is 1. The Balaban J connectivity index is 0.000000424. The van der Waals surface area contributed by atoms with Gasteiger partial charge in [0.1, 0.15) is 0 Å². The number of imidazole rings is 1. The predicted molar refractivity (Wildman–Crippen MR) is 198 cm³/mol. The summed E-state index contributed by atoms with van der Waals surface area (Å²) in [6.07, 6.45) is 17.3. The Bertz CT molecular complexity index is 1420. The molecule has 274 valence electrons. The lowest BCUT2D eigenvalue weighted by Gasteiger charge is -2.29. The normalized spacial score (nSPS) is 18.6. The van der Waals surface area contributed by atoms with Gasteiger partial charge in [-0.3, -0.25) is 19.2 Å². The molecule has 0 unspecified atom stereocenters. The molecule has 9 nitrogen and oxygen atoms in total. The molecule has 11 heteroatoms. The van der Waals surface area contributed by atoms with Gasteiger partial charge in [-0.2, -0.15) is 0 Å². The Labute approximate surface area is 292 Å². The molecule has 2 fully saturated rings. The summed E-state index contributed by atoms with van der Waals surface area (Å²) in [6.45, 7) is 17.7. The number of halogens is 2. The minimum atomic E-state index is -0.744. The van der Waals surface area contributed by atoms with E-state index in [1.807, 2.05) is 45.9 Å². The summed E-state index contributed by atoms with van der Waals surface area (Å²) in [4.78, 5) is 33.5. The van der Waals surface area contributed by atoms with Crippen molar-refractivity contribution in [3.63, 3.8) is 0 Å². The molecular formula is C38H60F2N6O3. The lowest BCUT2D eigenvalue weighted by atomic mass is 9.92. The topological polar surface area (TPSA) is 109 Å². The molecule has 4 heterocycles. The van der Waals surface area contributed by atoms with Crippen molar-refractivity contribution in [1.82, 2.24) is 24.3 Å². The summed E-state index contributed by atoms with van der Waals surface area (Å²) in [5.74, 6) is -1.39. The van der Waals surface area contributed by atoms with E-state index in [2.05, 4.69) is 40.2 Å². The van der Waals surface area contributed by atoms with Gasteiger partial charge in [-0.1, -0.05) is 51.5 Å². The fraction of sp³-hybridized carbons (Fsp3) is 0.553.